The van der Waals surface area contributed by atoms with Crippen LogP contribution in [-0.4, -0.2) is 18.6 Å². The van der Waals surface area contributed by atoms with Crippen molar-refractivity contribution >= 4 is 11.6 Å². The summed E-state index contributed by atoms with van der Waals surface area (Å²) < 4.78 is 51.8. The smallest absolute Gasteiger partial charge is 0.303 e. The summed E-state index contributed by atoms with van der Waals surface area (Å²) in [5.74, 6) is -1.63. The molecule has 1 aliphatic heterocycles. The largest absolute Gasteiger partial charge is 0.406 e. The van der Waals surface area contributed by atoms with Gasteiger partial charge in [0.1, 0.15) is 12.4 Å². The van der Waals surface area contributed by atoms with Gasteiger partial charge < -0.3 is 4.90 Å². The van der Waals surface area contributed by atoms with Gasteiger partial charge in [-0.1, -0.05) is 13.0 Å². The molecule has 0 aromatic heterocycles. The van der Waals surface area contributed by atoms with Crippen LogP contribution < -0.4 is 4.90 Å². The molecule has 0 saturated carbocycles. The first-order chi connectivity index (χ1) is 9.33. The molecule has 1 aromatic carbocycles. The van der Waals surface area contributed by atoms with Crippen molar-refractivity contribution in [1.82, 2.24) is 0 Å². The van der Waals surface area contributed by atoms with Crippen molar-refractivity contribution in [1.29, 1.82) is 0 Å². The summed E-state index contributed by atoms with van der Waals surface area (Å²) in [6, 6.07) is 3.92. The Morgan fingerprint density at radius 1 is 1.35 bits per heavy atom. The molecule has 0 radical (unpaired) electrons. The van der Waals surface area contributed by atoms with Crippen molar-refractivity contribution in [3.05, 3.63) is 29.6 Å². The Labute approximate surface area is 114 Å². The minimum Gasteiger partial charge on any atom is -0.303 e. The molecule has 1 aromatic rings. The van der Waals surface area contributed by atoms with Crippen LogP contribution in [0, 0.1) is 11.7 Å². The Hall–Kier alpha value is -1.59. The van der Waals surface area contributed by atoms with Crippen molar-refractivity contribution in [2.75, 3.05) is 11.4 Å². The van der Waals surface area contributed by atoms with E-state index in [1.807, 2.05) is 0 Å². The molecule has 0 unspecified atom stereocenters. The molecular weight excluding hydrogens is 274 g/mol. The lowest BCUT2D eigenvalue weighted by Gasteiger charge is -2.26. The summed E-state index contributed by atoms with van der Waals surface area (Å²) in [4.78, 5) is 12.9. The topological polar surface area (TPSA) is 20.3 Å². The summed E-state index contributed by atoms with van der Waals surface area (Å²) in [6.07, 6.45) is -3.41. The highest BCUT2D eigenvalue weighted by Crippen LogP contribution is 2.34. The van der Waals surface area contributed by atoms with E-state index >= 15 is 0 Å². The lowest BCUT2D eigenvalue weighted by molar-refractivity contribution is -0.134. The van der Waals surface area contributed by atoms with Crippen LogP contribution in [-0.2, 0) is 11.2 Å². The average molecular weight is 289 g/mol. The normalized spacial score (nSPS) is 19.8. The third kappa shape index (κ3) is 2.94. The number of anilines is 1. The van der Waals surface area contributed by atoms with Crippen LogP contribution in [0.2, 0.25) is 0 Å². The number of fused-ring (bicyclic) bond motifs is 1. The van der Waals surface area contributed by atoms with Crippen molar-refractivity contribution in [2.24, 2.45) is 5.92 Å². The van der Waals surface area contributed by atoms with Gasteiger partial charge in [-0.2, -0.15) is 13.2 Å². The number of carbonyl (C=O) groups is 1. The summed E-state index contributed by atoms with van der Waals surface area (Å²) in [5, 5.41) is 0. The fourth-order valence-electron chi connectivity index (χ4n) is 2.55. The van der Waals surface area contributed by atoms with Gasteiger partial charge in [0.25, 0.3) is 0 Å². The Kier molecular flexibility index (Phi) is 4.01. The number of nitrogens with zero attached hydrogens (tertiary/aromatic N) is 1. The first kappa shape index (κ1) is 14.8. The first-order valence-corrected chi connectivity index (χ1v) is 6.49. The highest BCUT2D eigenvalue weighted by atomic mass is 19.4. The zero-order chi connectivity index (χ0) is 14.9. The number of rotatable bonds is 2. The predicted molar refractivity (Wildman–Crippen MR) is 66.9 cm³/mol. The first-order valence-electron chi connectivity index (χ1n) is 6.49. The van der Waals surface area contributed by atoms with Crippen LogP contribution in [0.25, 0.3) is 0 Å². The zero-order valence-corrected chi connectivity index (χ0v) is 11.0. The molecule has 20 heavy (non-hydrogen) atoms. The van der Waals surface area contributed by atoms with Crippen molar-refractivity contribution in [3.8, 4) is 0 Å². The minimum atomic E-state index is -4.51. The fraction of sp³-hybridized carbons (Fsp3) is 0.500. The Bertz CT molecular complexity index is 512. The van der Waals surface area contributed by atoms with Crippen molar-refractivity contribution in [2.45, 2.75) is 32.4 Å². The second-order valence-corrected chi connectivity index (χ2v) is 4.92. The van der Waals surface area contributed by atoms with E-state index in [0.717, 1.165) is 0 Å². The van der Waals surface area contributed by atoms with E-state index < -0.39 is 30.4 Å². The lowest BCUT2D eigenvalue weighted by atomic mass is 9.98. The highest BCUT2D eigenvalue weighted by molar-refractivity contribution is 5.96. The van der Waals surface area contributed by atoms with E-state index in [2.05, 4.69) is 0 Å². The van der Waals surface area contributed by atoms with E-state index in [0.29, 0.717) is 17.7 Å². The zero-order valence-electron chi connectivity index (χ0n) is 11.0. The van der Waals surface area contributed by atoms with Gasteiger partial charge in [-0.3, -0.25) is 4.79 Å². The fourth-order valence-corrected chi connectivity index (χ4v) is 2.55. The van der Waals surface area contributed by atoms with E-state index in [1.165, 1.54) is 18.2 Å². The lowest BCUT2D eigenvalue weighted by Crippen LogP contribution is -2.41. The number of carbonyl (C=O) groups excluding carboxylic acids is 1. The molecule has 0 aliphatic carbocycles. The summed E-state index contributed by atoms with van der Waals surface area (Å²) in [6.45, 7) is 0.374. The Morgan fingerprint density at radius 2 is 2.05 bits per heavy atom. The maximum absolute atomic E-state index is 13.8. The second kappa shape index (κ2) is 5.42. The van der Waals surface area contributed by atoms with Gasteiger partial charge >= 0.3 is 6.18 Å². The molecule has 1 aliphatic rings. The molecule has 2 nitrogen and oxygen atoms in total. The molecule has 0 spiro atoms. The van der Waals surface area contributed by atoms with Gasteiger partial charge in [-0.05, 0) is 31.4 Å². The molecule has 110 valence electrons. The molecule has 1 amide bonds. The number of hydrogen-bond acceptors (Lipinski definition) is 1. The summed E-state index contributed by atoms with van der Waals surface area (Å²) in [7, 11) is 0. The highest BCUT2D eigenvalue weighted by Gasteiger charge is 2.38. The van der Waals surface area contributed by atoms with Gasteiger partial charge in [0.2, 0.25) is 5.91 Å². The molecule has 0 fully saturated rings. The van der Waals surface area contributed by atoms with Gasteiger partial charge in [0.15, 0.2) is 0 Å². The third-order valence-electron chi connectivity index (χ3n) is 3.57. The van der Waals surface area contributed by atoms with Crippen LogP contribution in [0.1, 0.15) is 25.3 Å². The Balaban J connectivity index is 2.48. The standard InChI is InChI=1S/C14H15F4NO/c1-2-9-6-7-10-11(15)4-3-5-12(10)19(13(9)20)8-14(16,17)18/h3-5,9H,2,6-8H2,1H3/t9-/m0/s1. The summed E-state index contributed by atoms with van der Waals surface area (Å²) in [5.41, 5.74) is 0.240. The molecule has 1 atom stereocenters. The summed E-state index contributed by atoms with van der Waals surface area (Å²) >= 11 is 0. The number of hydrogen-bond donors (Lipinski definition) is 0. The molecule has 1 heterocycles. The predicted octanol–water partition coefficient (Wildman–Crippen LogP) is 3.69. The van der Waals surface area contributed by atoms with E-state index in [-0.39, 0.29) is 17.7 Å². The molecule has 6 heteroatoms. The second-order valence-electron chi connectivity index (χ2n) is 4.92. The van der Waals surface area contributed by atoms with Gasteiger partial charge in [-0.15, -0.1) is 0 Å². The quantitative estimate of drug-likeness (QED) is 0.760. The Morgan fingerprint density at radius 3 is 2.65 bits per heavy atom. The average Bonchev–Trinajstić information content (AvgIpc) is 2.48. The maximum Gasteiger partial charge on any atom is 0.406 e. The van der Waals surface area contributed by atoms with E-state index in [9.17, 15) is 22.4 Å². The van der Waals surface area contributed by atoms with Crippen LogP contribution >= 0.6 is 0 Å². The third-order valence-corrected chi connectivity index (χ3v) is 3.57. The van der Waals surface area contributed by atoms with Gasteiger partial charge in [0, 0.05) is 11.5 Å². The number of alkyl halides is 3. The van der Waals surface area contributed by atoms with E-state index in [4.69, 9.17) is 0 Å². The molecule has 0 bridgehead atoms. The maximum atomic E-state index is 13.8. The molecule has 0 N–H and O–H groups in total. The number of halogens is 4. The van der Waals surface area contributed by atoms with Gasteiger partial charge in [-0.25, -0.2) is 4.39 Å². The molecule has 2 rings (SSSR count). The minimum absolute atomic E-state index is 0.0447. The van der Waals surface area contributed by atoms with Crippen LogP contribution in [0.3, 0.4) is 0 Å². The number of amides is 1. The van der Waals surface area contributed by atoms with E-state index in [1.54, 1.807) is 6.92 Å². The van der Waals surface area contributed by atoms with Crippen LogP contribution in [0.4, 0.5) is 23.2 Å². The van der Waals surface area contributed by atoms with Gasteiger partial charge in [0.05, 0.1) is 5.69 Å². The molecular formula is C14H15F4NO. The molecule has 0 saturated heterocycles. The van der Waals surface area contributed by atoms with Crippen LogP contribution in [0.5, 0.6) is 0 Å². The number of benzene rings is 1. The van der Waals surface area contributed by atoms with Crippen LogP contribution in [0.15, 0.2) is 18.2 Å². The SMILES string of the molecule is CC[C@H]1CCc2c(F)cccc2N(CC(F)(F)F)C1=O. The van der Waals surface area contributed by atoms with Crippen molar-refractivity contribution in [3.63, 3.8) is 0 Å². The monoisotopic (exact) mass is 289 g/mol. The van der Waals surface area contributed by atoms with Crippen molar-refractivity contribution < 1.29 is 22.4 Å².